The molecule has 0 bridgehead atoms. The maximum atomic E-state index is 13.4. The Labute approximate surface area is 136 Å². The number of hydrogen-bond acceptors (Lipinski definition) is 6. The molecule has 2 aromatic rings. The summed E-state index contributed by atoms with van der Waals surface area (Å²) in [5.41, 5.74) is 0.0277. The van der Waals surface area contributed by atoms with E-state index < -0.39 is 29.1 Å². The first-order chi connectivity index (χ1) is 11.3. The molecule has 126 valence electrons. The van der Waals surface area contributed by atoms with Gasteiger partial charge < -0.3 is 4.74 Å². The van der Waals surface area contributed by atoms with Crippen LogP contribution >= 0.6 is 0 Å². The highest BCUT2D eigenvalue weighted by atomic mass is 19.1. The van der Waals surface area contributed by atoms with Crippen molar-refractivity contribution in [1.29, 1.82) is 0 Å². The molecule has 0 spiro atoms. The number of esters is 1. The van der Waals surface area contributed by atoms with Gasteiger partial charge in [0.05, 0.1) is 10.5 Å². The number of halogens is 1. The van der Waals surface area contributed by atoms with Crippen LogP contribution in [0.5, 0.6) is 0 Å². The highest BCUT2D eigenvalue weighted by Crippen LogP contribution is 2.21. The van der Waals surface area contributed by atoms with Crippen molar-refractivity contribution in [3.8, 4) is 0 Å². The van der Waals surface area contributed by atoms with Gasteiger partial charge in [-0.3, -0.25) is 24.4 Å². The van der Waals surface area contributed by atoms with Gasteiger partial charge in [-0.15, -0.1) is 0 Å². The van der Waals surface area contributed by atoms with Crippen LogP contribution in [0.3, 0.4) is 0 Å². The third-order valence-corrected chi connectivity index (χ3v) is 3.34. The molecule has 2 rings (SSSR count). The van der Waals surface area contributed by atoms with E-state index in [0.29, 0.717) is 0 Å². The molecule has 0 amide bonds. The highest BCUT2D eigenvalue weighted by molar-refractivity contribution is 5.98. The Bertz CT molecular complexity index is 815. The van der Waals surface area contributed by atoms with Crippen LogP contribution in [-0.4, -0.2) is 33.1 Å². The van der Waals surface area contributed by atoms with Crippen LogP contribution in [0.1, 0.15) is 21.7 Å². The molecule has 24 heavy (non-hydrogen) atoms. The number of carbonyl (C=O) groups excluding carboxylic acids is 2. The highest BCUT2D eigenvalue weighted by Gasteiger charge is 2.23. The Morgan fingerprint density at radius 3 is 2.58 bits per heavy atom. The number of benzene rings is 1. The lowest BCUT2D eigenvalue weighted by atomic mass is 10.1. The summed E-state index contributed by atoms with van der Waals surface area (Å²) in [4.78, 5) is 33.9. The Morgan fingerprint density at radius 2 is 2.00 bits per heavy atom. The van der Waals surface area contributed by atoms with Gasteiger partial charge in [-0.25, -0.2) is 4.39 Å². The number of Topliss-reactive ketones (excluding diaryl/α,β-unsaturated/α-hetero) is 1. The molecule has 0 aliphatic heterocycles. The fourth-order valence-electron chi connectivity index (χ4n) is 2.18. The van der Waals surface area contributed by atoms with Crippen molar-refractivity contribution in [3.05, 3.63) is 57.1 Å². The predicted octanol–water partition coefficient (Wildman–Crippen LogP) is 1.97. The summed E-state index contributed by atoms with van der Waals surface area (Å²) in [6, 6.07) is 5.35. The number of nitro groups is 1. The zero-order chi connectivity index (χ0) is 17.9. The molecule has 0 aliphatic carbocycles. The number of ether oxygens (including phenoxy) is 1. The SMILES string of the molecule is Cc1nn(CC(=O)OCC(=O)c2ccccc2F)c(C)c1[N+](=O)[O-]. The van der Waals surface area contributed by atoms with Gasteiger partial charge in [-0.05, 0) is 26.0 Å². The average Bonchev–Trinajstić information content (AvgIpc) is 2.79. The van der Waals surface area contributed by atoms with Crippen LogP contribution in [0.25, 0.3) is 0 Å². The maximum Gasteiger partial charge on any atom is 0.328 e. The van der Waals surface area contributed by atoms with Gasteiger partial charge in [0.15, 0.2) is 6.61 Å². The number of hydrogen-bond donors (Lipinski definition) is 0. The third-order valence-electron chi connectivity index (χ3n) is 3.34. The molecular weight excluding hydrogens is 321 g/mol. The van der Waals surface area contributed by atoms with E-state index in [0.717, 1.165) is 10.7 Å². The summed E-state index contributed by atoms with van der Waals surface area (Å²) >= 11 is 0. The maximum absolute atomic E-state index is 13.4. The van der Waals surface area contributed by atoms with Crippen molar-refractivity contribution in [2.24, 2.45) is 0 Å². The van der Waals surface area contributed by atoms with Crippen molar-refractivity contribution in [2.75, 3.05) is 6.61 Å². The minimum absolute atomic E-state index is 0.174. The number of carbonyl (C=O) groups is 2. The second-order valence-electron chi connectivity index (χ2n) is 5.00. The Hall–Kier alpha value is -3.10. The van der Waals surface area contributed by atoms with Crippen LogP contribution in [0, 0.1) is 29.8 Å². The van der Waals surface area contributed by atoms with Gasteiger partial charge in [-0.2, -0.15) is 5.10 Å². The zero-order valence-electron chi connectivity index (χ0n) is 13.0. The average molecular weight is 335 g/mol. The van der Waals surface area contributed by atoms with Crippen LogP contribution in [0.4, 0.5) is 10.1 Å². The molecule has 0 fully saturated rings. The Kier molecular flexibility index (Phi) is 5.02. The lowest BCUT2D eigenvalue weighted by molar-refractivity contribution is -0.386. The summed E-state index contributed by atoms with van der Waals surface area (Å²) in [5.74, 6) is -2.19. The lowest BCUT2D eigenvalue weighted by Gasteiger charge is -2.06. The predicted molar refractivity (Wildman–Crippen MR) is 80.0 cm³/mol. The fourth-order valence-corrected chi connectivity index (χ4v) is 2.18. The standard InChI is InChI=1S/C15H14FN3O5/c1-9-15(19(22)23)10(2)18(17-9)7-14(21)24-8-13(20)11-5-3-4-6-12(11)16/h3-6H,7-8H2,1-2H3. The van der Waals surface area contributed by atoms with Crippen LogP contribution in [0.2, 0.25) is 0 Å². The second-order valence-corrected chi connectivity index (χ2v) is 5.00. The van der Waals surface area contributed by atoms with Gasteiger partial charge in [0, 0.05) is 0 Å². The van der Waals surface area contributed by atoms with Crippen molar-refractivity contribution in [2.45, 2.75) is 20.4 Å². The molecule has 1 aromatic heterocycles. The number of rotatable bonds is 6. The van der Waals surface area contributed by atoms with Gasteiger partial charge in [0.1, 0.15) is 23.7 Å². The summed E-state index contributed by atoms with van der Waals surface area (Å²) in [6.07, 6.45) is 0. The number of nitrogens with zero attached hydrogens (tertiary/aromatic N) is 3. The molecule has 0 aliphatic rings. The first-order valence-corrected chi connectivity index (χ1v) is 6.93. The normalized spacial score (nSPS) is 10.5. The minimum Gasteiger partial charge on any atom is -0.456 e. The molecule has 0 unspecified atom stereocenters. The monoisotopic (exact) mass is 335 g/mol. The van der Waals surface area contributed by atoms with E-state index >= 15 is 0 Å². The van der Waals surface area contributed by atoms with E-state index in [9.17, 15) is 24.1 Å². The summed E-state index contributed by atoms with van der Waals surface area (Å²) in [6.45, 7) is 1.90. The number of aryl methyl sites for hydroxylation is 1. The summed E-state index contributed by atoms with van der Waals surface area (Å²) in [7, 11) is 0. The first kappa shape index (κ1) is 17.3. The Balaban J connectivity index is 2.00. The second kappa shape index (κ2) is 6.99. The minimum atomic E-state index is -0.805. The zero-order valence-corrected chi connectivity index (χ0v) is 13.0. The van der Waals surface area contributed by atoms with E-state index in [1.54, 1.807) is 0 Å². The third kappa shape index (κ3) is 3.62. The van der Waals surface area contributed by atoms with Gasteiger partial charge in [0.2, 0.25) is 5.78 Å². The van der Waals surface area contributed by atoms with E-state index in [1.807, 2.05) is 0 Å². The largest absolute Gasteiger partial charge is 0.456 e. The van der Waals surface area contributed by atoms with Crippen LogP contribution < -0.4 is 0 Å². The van der Waals surface area contributed by atoms with Crippen molar-refractivity contribution >= 4 is 17.4 Å². The number of aromatic nitrogens is 2. The fraction of sp³-hybridized carbons (Fsp3) is 0.267. The van der Waals surface area contributed by atoms with E-state index in [4.69, 9.17) is 4.74 Å². The molecule has 0 atom stereocenters. The van der Waals surface area contributed by atoms with Crippen molar-refractivity contribution < 1.29 is 23.6 Å². The molecule has 0 N–H and O–H groups in total. The molecule has 0 saturated heterocycles. The van der Waals surface area contributed by atoms with E-state index in [-0.39, 0.29) is 29.2 Å². The first-order valence-electron chi connectivity index (χ1n) is 6.93. The smallest absolute Gasteiger partial charge is 0.328 e. The lowest BCUT2D eigenvalue weighted by Crippen LogP contribution is -2.20. The molecule has 9 heteroatoms. The summed E-state index contributed by atoms with van der Waals surface area (Å²) < 4.78 is 19.4. The molecule has 0 saturated carbocycles. The van der Waals surface area contributed by atoms with Gasteiger partial charge >= 0.3 is 11.7 Å². The molecule has 1 heterocycles. The molecular formula is C15H14FN3O5. The topological polar surface area (TPSA) is 104 Å². The quantitative estimate of drug-likeness (QED) is 0.346. The van der Waals surface area contributed by atoms with Gasteiger partial charge in [-0.1, -0.05) is 12.1 Å². The molecule has 0 radical (unpaired) electrons. The number of ketones is 1. The summed E-state index contributed by atoms with van der Waals surface area (Å²) in [5, 5.41) is 14.8. The van der Waals surface area contributed by atoms with E-state index in [1.165, 1.54) is 32.0 Å². The van der Waals surface area contributed by atoms with Crippen LogP contribution in [0.15, 0.2) is 24.3 Å². The molecule has 1 aromatic carbocycles. The Morgan fingerprint density at radius 1 is 1.33 bits per heavy atom. The van der Waals surface area contributed by atoms with Crippen LogP contribution in [-0.2, 0) is 16.1 Å². The van der Waals surface area contributed by atoms with E-state index in [2.05, 4.69) is 5.10 Å². The molecule has 8 nitrogen and oxygen atoms in total. The van der Waals surface area contributed by atoms with Crippen molar-refractivity contribution in [3.63, 3.8) is 0 Å². The van der Waals surface area contributed by atoms with Gasteiger partial charge in [0.25, 0.3) is 0 Å². The van der Waals surface area contributed by atoms with Crippen molar-refractivity contribution in [1.82, 2.24) is 9.78 Å².